The van der Waals surface area contributed by atoms with Gasteiger partial charge in [-0.3, -0.25) is 4.79 Å². The van der Waals surface area contributed by atoms with E-state index in [9.17, 15) is 4.79 Å². The Morgan fingerprint density at radius 2 is 1.89 bits per heavy atom. The van der Waals surface area contributed by atoms with E-state index in [1.807, 2.05) is 5.38 Å². The van der Waals surface area contributed by atoms with Crippen LogP contribution in [0.3, 0.4) is 0 Å². The predicted molar refractivity (Wildman–Crippen MR) is 79.7 cm³/mol. The highest BCUT2D eigenvalue weighted by molar-refractivity contribution is 7.09. The highest BCUT2D eigenvalue weighted by Crippen LogP contribution is 2.24. The van der Waals surface area contributed by atoms with Crippen molar-refractivity contribution in [2.45, 2.75) is 32.6 Å². The maximum atomic E-state index is 12.1. The van der Waals surface area contributed by atoms with Crippen molar-refractivity contribution >= 4 is 22.8 Å². The van der Waals surface area contributed by atoms with E-state index >= 15 is 0 Å². The van der Waals surface area contributed by atoms with Gasteiger partial charge in [-0.2, -0.15) is 0 Å². The zero-order valence-corrected chi connectivity index (χ0v) is 12.3. The monoisotopic (exact) mass is 274 g/mol. The Hall–Kier alpha value is -1.68. The Bertz CT molecular complexity index is 579. The molecule has 0 bridgehead atoms. The number of benzene rings is 1. The van der Waals surface area contributed by atoms with Crippen LogP contribution in [0.15, 0.2) is 29.6 Å². The van der Waals surface area contributed by atoms with Crippen LogP contribution in [0, 0.1) is 0 Å². The highest BCUT2D eigenvalue weighted by Gasteiger charge is 2.18. The van der Waals surface area contributed by atoms with Gasteiger partial charge in [-0.15, -0.1) is 11.3 Å². The minimum Gasteiger partial charge on any atom is -0.399 e. The molecule has 4 heteroatoms. The van der Waals surface area contributed by atoms with Gasteiger partial charge in [0.25, 0.3) is 0 Å². The van der Waals surface area contributed by atoms with E-state index in [1.165, 1.54) is 0 Å². The van der Waals surface area contributed by atoms with E-state index in [-0.39, 0.29) is 11.2 Å². The maximum absolute atomic E-state index is 12.1. The molecule has 0 aliphatic heterocycles. The molecule has 1 aromatic heterocycles. The molecule has 0 aliphatic carbocycles. The minimum atomic E-state index is 0.0268. The van der Waals surface area contributed by atoms with Crippen LogP contribution in [-0.2, 0) is 11.8 Å². The zero-order valence-electron chi connectivity index (χ0n) is 11.4. The number of rotatable bonds is 3. The summed E-state index contributed by atoms with van der Waals surface area (Å²) in [7, 11) is 0. The SMILES string of the molecule is CC(C)(C)c1csc(CC(=O)c2ccc(N)cc2)n1. The van der Waals surface area contributed by atoms with Crippen molar-refractivity contribution in [3.05, 3.63) is 45.9 Å². The van der Waals surface area contributed by atoms with Crippen LogP contribution >= 0.6 is 11.3 Å². The van der Waals surface area contributed by atoms with E-state index in [1.54, 1.807) is 35.6 Å². The molecule has 0 fully saturated rings. The molecule has 100 valence electrons. The van der Waals surface area contributed by atoms with Crippen LogP contribution in [0.4, 0.5) is 5.69 Å². The van der Waals surface area contributed by atoms with Crippen LogP contribution in [0.25, 0.3) is 0 Å². The largest absolute Gasteiger partial charge is 0.399 e. The molecule has 0 radical (unpaired) electrons. The third-order valence-corrected chi connectivity index (χ3v) is 3.71. The van der Waals surface area contributed by atoms with Gasteiger partial charge in [-0.1, -0.05) is 20.8 Å². The summed E-state index contributed by atoms with van der Waals surface area (Å²) in [6.07, 6.45) is 0.352. The molecule has 19 heavy (non-hydrogen) atoms. The van der Waals surface area contributed by atoms with Gasteiger partial charge in [0.15, 0.2) is 5.78 Å². The smallest absolute Gasteiger partial charge is 0.169 e. The average molecular weight is 274 g/mol. The van der Waals surface area contributed by atoms with Crippen molar-refractivity contribution in [2.24, 2.45) is 0 Å². The van der Waals surface area contributed by atoms with Gasteiger partial charge in [0.1, 0.15) is 5.01 Å². The molecular formula is C15H18N2OS. The van der Waals surface area contributed by atoms with Gasteiger partial charge in [0.2, 0.25) is 0 Å². The average Bonchev–Trinajstić information content (AvgIpc) is 2.78. The predicted octanol–water partition coefficient (Wildman–Crippen LogP) is 3.45. The van der Waals surface area contributed by atoms with E-state index in [0.29, 0.717) is 17.7 Å². The van der Waals surface area contributed by atoms with Crippen LogP contribution in [0.2, 0.25) is 0 Å². The summed E-state index contributed by atoms with van der Waals surface area (Å²) < 4.78 is 0. The number of Topliss-reactive ketones (excluding diaryl/α,β-unsaturated/α-hetero) is 1. The lowest BCUT2D eigenvalue weighted by Crippen LogP contribution is -2.12. The summed E-state index contributed by atoms with van der Waals surface area (Å²) in [4.78, 5) is 16.6. The molecule has 2 rings (SSSR count). The lowest BCUT2D eigenvalue weighted by atomic mass is 9.93. The Kier molecular flexibility index (Phi) is 3.71. The van der Waals surface area contributed by atoms with E-state index in [0.717, 1.165) is 10.7 Å². The number of nitrogens with two attached hydrogens (primary N) is 1. The molecule has 0 saturated carbocycles. The van der Waals surface area contributed by atoms with Gasteiger partial charge in [0, 0.05) is 22.0 Å². The fraction of sp³-hybridized carbons (Fsp3) is 0.333. The summed E-state index contributed by atoms with van der Waals surface area (Å²) in [6, 6.07) is 7.01. The molecular weight excluding hydrogens is 256 g/mol. The first kappa shape index (κ1) is 13.7. The molecule has 0 amide bonds. The molecule has 0 unspecified atom stereocenters. The normalized spacial score (nSPS) is 11.5. The molecule has 0 atom stereocenters. The molecule has 0 aliphatic rings. The molecule has 2 N–H and O–H groups in total. The van der Waals surface area contributed by atoms with Crippen molar-refractivity contribution in [3.63, 3.8) is 0 Å². The van der Waals surface area contributed by atoms with Crippen LogP contribution in [0.5, 0.6) is 0 Å². The van der Waals surface area contributed by atoms with Gasteiger partial charge in [-0.05, 0) is 24.3 Å². The van der Waals surface area contributed by atoms with Crippen molar-refractivity contribution in [2.75, 3.05) is 5.73 Å². The van der Waals surface area contributed by atoms with Gasteiger partial charge in [0.05, 0.1) is 12.1 Å². The fourth-order valence-electron chi connectivity index (χ4n) is 1.64. The van der Waals surface area contributed by atoms with Gasteiger partial charge in [-0.25, -0.2) is 4.98 Å². The lowest BCUT2D eigenvalue weighted by Gasteiger charge is -2.14. The molecule has 0 spiro atoms. The molecule has 2 aromatic rings. The summed E-state index contributed by atoms with van der Waals surface area (Å²) in [5, 5.41) is 2.90. The van der Waals surface area contributed by atoms with Crippen LogP contribution in [0.1, 0.15) is 41.8 Å². The molecule has 1 aromatic carbocycles. The number of ketones is 1. The van der Waals surface area contributed by atoms with Crippen molar-refractivity contribution in [3.8, 4) is 0 Å². The number of thiazole rings is 1. The summed E-state index contributed by atoms with van der Waals surface area (Å²) in [5.41, 5.74) is 8.02. The Balaban J connectivity index is 2.11. The van der Waals surface area contributed by atoms with Crippen molar-refractivity contribution < 1.29 is 4.79 Å². The van der Waals surface area contributed by atoms with E-state index in [2.05, 4.69) is 25.8 Å². The first-order valence-electron chi connectivity index (χ1n) is 6.20. The Labute approximate surface area is 117 Å². The van der Waals surface area contributed by atoms with Crippen LogP contribution < -0.4 is 5.73 Å². The minimum absolute atomic E-state index is 0.0268. The second-order valence-corrected chi connectivity index (χ2v) is 6.54. The standard InChI is InChI=1S/C15H18N2OS/c1-15(2,3)13-9-19-14(17-13)8-12(18)10-4-6-11(16)7-5-10/h4-7,9H,8,16H2,1-3H3. The summed E-state index contributed by atoms with van der Waals surface area (Å²) in [5.74, 6) is 0.0785. The number of anilines is 1. The third kappa shape index (κ3) is 3.41. The second-order valence-electron chi connectivity index (χ2n) is 5.60. The Morgan fingerprint density at radius 1 is 1.26 bits per heavy atom. The van der Waals surface area contributed by atoms with E-state index in [4.69, 9.17) is 5.73 Å². The van der Waals surface area contributed by atoms with Gasteiger partial charge >= 0.3 is 0 Å². The maximum Gasteiger partial charge on any atom is 0.169 e. The number of nitrogens with zero attached hydrogens (tertiary/aromatic N) is 1. The number of hydrogen-bond donors (Lipinski definition) is 1. The summed E-state index contributed by atoms with van der Waals surface area (Å²) in [6.45, 7) is 6.36. The fourth-order valence-corrected chi connectivity index (χ4v) is 2.66. The molecule has 3 nitrogen and oxygen atoms in total. The number of carbonyl (C=O) groups excluding carboxylic acids is 1. The highest BCUT2D eigenvalue weighted by atomic mass is 32.1. The topological polar surface area (TPSA) is 56.0 Å². The van der Waals surface area contributed by atoms with Gasteiger partial charge < -0.3 is 5.73 Å². The molecule has 1 heterocycles. The molecule has 0 saturated heterocycles. The Morgan fingerprint density at radius 3 is 2.42 bits per heavy atom. The number of carbonyl (C=O) groups is 1. The van der Waals surface area contributed by atoms with Crippen molar-refractivity contribution in [1.82, 2.24) is 4.98 Å². The number of hydrogen-bond acceptors (Lipinski definition) is 4. The third-order valence-electron chi connectivity index (χ3n) is 2.86. The zero-order chi connectivity index (χ0) is 14.0. The van der Waals surface area contributed by atoms with Crippen LogP contribution in [-0.4, -0.2) is 10.8 Å². The van der Waals surface area contributed by atoms with Crippen molar-refractivity contribution in [1.29, 1.82) is 0 Å². The quantitative estimate of drug-likeness (QED) is 0.689. The lowest BCUT2D eigenvalue weighted by molar-refractivity contribution is 0.0993. The first-order chi connectivity index (χ1) is 8.86. The second kappa shape index (κ2) is 5.13. The summed E-state index contributed by atoms with van der Waals surface area (Å²) >= 11 is 1.55. The number of nitrogen functional groups attached to an aromatic ring is 1. The number of aromatic nitrogens is 1. The first-order valence-corrected chi connectivity index (χ1v) is 7.08. The van der Waals surface area contributed by atoms with E-state index < -0.39 is 0 Å².